The lowest BCUT2D eigenvalue weighted by atomic mass is 10.1. The molecule has 0 aliphatic carbocycles. The number of hydrogen-bond acceptors (Lipinski definition) is 2. The summed E-state index contributed by atoms with van der Waals surface area (Å²) in [6.07, 6.45) is 1.49. The predicted octanol–water partition coefficient (Wildman–Crippen LogP) is 4.69. The second-order valence-corrected chi connectivity index (χ2v) is 6.49. The summed E-state index contributed by atoms with van der Waals surface area (Å²) in [7, 11) is 0. The van der Waals surface area contributed by atoms with Gasteiger partial charge in [-0.25, -0.2) is 0 Å². The lowest BCUT2D eigenvalue weighted by molar-refractivity contribution is -0.136. The fourth-order valence-corrected chi connectivity index (χ4v) is 3.11. The molecular weight excluding hydrogens is 304 g/mol. The molecule has 0 aliphatic rings. The van der Waals surface area contributed by atoms with Gasteiger partial charge in [0.15, 0.2) is 0 Å². The Balaban J connectivity index is 2.07. The molecule has 21 heavy (non-hydrogen) atoms. The molecule has 110 valence electrons. The van der Waals surface area contributed by atoms with Crippen LogP contribution in [0.4, 0.5) is 0 Å². The molecule has 0 fully saturated rings. The maximum atomic E-state index is 11.5. The minimum Gasteiger partial charge on any atom is -0.480 e. The van der Waals surface area contributed by atoms with Crippen molar-refractivity contribution < 1.29 is 9.90 Å². The maximum absolute atomic E-state index is 11.5. The van der Waals surface area contributed by atoms with Crippen LogP contribution in [0.5, 0.6) is 0 Å². The molecule has 1 atom stereocenters. The third kappa shape index (κ3) is 4.80. The zero-order chi connectivity index (χ0) is 15.2. The number of aliphatic carboxylic acids is 1. The minimum atomic E-state index is -0.797. The van der Waals surface area contributed by atoms with Crippen LogP contribution in [0, 0.1) is 0 Å². The van der Waals surface area contributed by atoms with Gasteiger partial charge in [-0.3, -0.25) is 4.79 Å². The summed E-state index contributed by atoms with van der Waals surface area (Å²) in [6, 6.07) is 15.4. The van der Waals surface area contributed by atoms with Crippen molar-refractivity contribution in [1.82, 2.24) is 0 Å². The Morgan fingerprint density at radius 3 is 2.19 bits per heavy atom. The Morgan fingerprint density at radius 2 is 1.67 bits per heavy atom. The third-order valence-electron chi connectivity index (χ3n) is 3.22. The quantitative estimate of drug-likeness (QED) is 0.784. The molecule has 4 heteroatoms. The van der Waals surface area contributed by atoms with Crippen LogP contribution in [-0.4, -0.2) is 16.3 Å². The van der Waals surface area contributed by atoms with Gasteiger partial charge < -0.3 is 5.11 Å². The van der Waals surface area contributed by atoms with Crippen molar-refractivity contribution in [3.63, 3.8) is 0 Å². The molecule has 0 saturated carbocycles. The Bertz CT molecular complexity index is 593. The molecule has 0 unspecified atom stereocenters. The molecule has 0 saturated heterocycles. The van der Waals surface area contributed by atoms with Crippen molar-refractivity contribution in [2.45, 2.75) is 29.9 Å². The summed E-state index contributed by atoms with van der Waals surface area (Å²) in [5.74, 6) is -0.797. The van der Waals surface area contributed by atoms with Gasteiger partial charge >= 0.3 is 5.97 Å². The van der Waals surface area contributed by atoms with Gasteiger partial charge in [0.05, 0.1) is 0 Å². The second kappa shape index (κ2) is 7.53. The fraction of sp³-hybridized carbons (Fsp3) is 0.235. The molecule has 0 spiro atoms. The second-order valence-electron chi connectivity index (χ2n) is 4.77. The van der Waals surface area contributed by atoms with Crippen molar-refractivity contribution in [1.29, 1.82) is 0 Å². The average Bonchev–Trinajstić information content (AvgIpc) is 2.49. The molecule has 0 radical (unpaired) electrons. The molecular formula is C17H17ClO2S. The number of carboxylic acids is 1. The van der Waals surface area contributed by atoms with E-state index >= 15 is 0 Å². The Labute approximate surface area is 134 Å². The highest BCUT2D eigenvalue weighted by Gasteiger charge is 2.19. The van der Waals surface area contributed by atoms with Crippen molar-refractivity contribution in [3.8, 4) is 0 Å². The van der Waals surface area contributed by atoms with Gasteiger partial charge in [-0.15, -0.1) is 11.8 Å². The predicted molar refractivity (Wildman–Crippen MR) is 88.3 cm³/mol. The fourth-order valence-electron chi connectivity index (χ4n) is 1.98. The highest BCUT2D eigenvalue weighted by molar-refractivity contribution is 8.00. The first-order chi connectivity index (χ1) is 10.1. The van der Waals surface area contributed by atoms with E-state index in [0.717, 1.165) is 16.9 Å². The van der Waals surface area contributed by atoms with Gasteiger partial charge in [-0.2, -0.15) is 0 Å². The molecule has 2 nitrogen and oxygen atoms in total. The Kier molecular flexibility index (Phi) is 5.71. The molecule has 0 heterocycles. The van der Waals surface area contributed by atoms with Crippen LogP contribution in [0.2, 0.25) is 5.02 Å². The standard InChI is InChI=1S/C17H17ClO2S/c1-2-12-3-5-13(6-4-12)11-16(17(19)20)21-15-9-7-14(18)8-10-15/h3-10,16H,2,11H2,1H3,(H,19,20)/t16-/m1/s1. The van der Waals surface area contributed by atoms with E-state index in [9.17, 15) is 9.90 Å². The molecule has 2 aromatic rings. The molecule has 2 aromatic carbocycles. The van der Waals surface area contributed by atoms with E-state index in [4.69, 9.17) is 11.6 Å². The summed E-state index contributed by atoms with van der Waals surface area (Å²) in [4.78, 5) is 12.4. The third-order valence-corrected chi connectivity index (χ3v) is 4.67. The number of thioether (sulfide) groups is 1. The number of benzene rings is 2. The van der Waals surface area contributed by atoms with Gasteiger partial charge in [-0.05, 0) is 48.2 Å². The molecule has 0 bridgehead atoms. The molecule has 0 amide bonds. The minimum absolute atomic E-state index is 0.501. The Hall–Kier alpha value is -1.45. The first kappa shape index (κ1) is 15.9. The number of carboxylic acid groups (broad SMARTS) is 1. The van der Waals surface area contributed by atoms with E-state index in [-0.39, 0.29) is 0 Å². The Morgan fingerprint density at radius 1 is 1.10 bits per heavy atom. The van der Waals surface area contributed by atoms with E-state index in [0.29, 0.717) is 11.4 Å². The summed E-state index contributed by atoms with van der Waals surface area (Å²) < 4.78 is 0. The average molecular weight is 321 g/mol. The van der Waals surface area contributed by atoms with Crippen molar-refractivity contribution in [3.05, 3.63) is 64.7 Å². The number of aryl methyl sites for hydroxylation is 1. The van der Waals surface area contributed by atoms with E-state index in [1.807, 2.05) is 24.3 Å². The van der Waals surface area contributed by atoms with Gasteiger partial charge in [0.1, 0.15) is 5.25 Å². The van der Waals surface area contributed by atoms with Crippen LogP contribution < -0.4 is 0 Å². The lowest BCUT2D eigenvalue weighted by Crippen LogP contribution is -2.19. The highest BCUT2D eigenvalue weighted by Crippen LogP contribution is 2.27. The van der Waals surface area contributed by atoms with Crippen molar-refractivity contribution in [2.75, 3.05) is 0 Å². The van der Waals surface area contributed by atoms with Crippen LogP contribution in [0.15, 0.2) is 53.4 Å². The summed E-state index contributed by atoms with van der Waals surface area (Å²) >= 11 is 7.20. The zero-order valence-electron chi connectivity index (χ0n) is 11.8. The topological polar surface area (TPSA) is 37.3 Å². The van der Waals surface area contributed by atoms with Gasteiger partial charge in [0, 0.05) is 9.92 Å². The van der Waals surface area contributed by atoms with Crippen LogP contribution in [0.1, 0.15) is 18.1 Å². The highest BCUT2D eigenvalue weighted by atomic mass is 35.5. The van der Waals surface area contributed by atoms with Crippen LogP contribution in [0.3, 0.4) is 0 Å². The monoisotopic (exact) mass is 320 g/mol. The first-order valence-electron chi connectivity index (χ1n) is 6.81. The largest absolute Gasteiger partial charge is 0.480 e. The van der Waals surface area contributed by atoms with E-state index in [1.165, 1.54) is 17.3 Å². The van der Waals surface area contributed by atoms with E-state index < -0.39 is 11.2 Å². The van der Waals surface area contributed by atoms with Gasteiger partial charge in [0.2, 0.25) is 0 Å². The van der Waals surface area contributed by atoms with Crippen molar-refractivity contribution in [2.24, 2.45) is 0 Å². The van der Waals surface area contributed by atoms with Gasteiger partial charge in [-0.1, -0.05) is 42.8 Å². The SMILES string of the molecule is CCc1ccc(C[C@@H](Sc2ccc(Cl)cc2)C(=O)O)cc1. The smallest absolute Gasteiger partial charge is 0.317 e. The van der Waals surface area contributed by atoms with Crippen LogP contribution in [0.25, 0.3) is 0 Å². The molecule has 1 N–H and O–H groups in total. The molecule has 2 rings (SSSR count). The van der Waals surface area contributed by atoms with E-state index in [1.54, 1.807) is 12.1 Å². The number of carbonyl (C=O) groups is 1. The number of rotatable bonds is 6. The lowest BCUT2D eigenvalue weighted by Gasteiger charge is -2.12. The van der Waals surface area contributed by atoms with Crippen LogP contribution in [-0.2, 0) is 17.6 Å². The normalized spacial score (nSPS) is 12.1. The zero-order valence-corrected chi connectivity index (χ0v) is 13.3. The number of halogens is 1. The molecule has 0 aliphatic heterocycles. The van der Waals surface area contributed by atoms with Gasteiger partial charge in [0.25, 0.3) is 0 Å². The first-order valence-corrected chi connectivity index (χ1v) is 8.07. The molecule has 0 aromatic heterocycles. The van der Waals surface area contributed by atoms with E-state index in [2.05, 4.69) is 19.1 Å². The summed E-state index contributed by atoms with van der Waals surface area (Å²) in [5.41, 5.74) is 2.30. The van der Waals surface area contributed by atoms with Crippen LogP contribution >= 0.6 is 23.4 Å². The maximum Gasteiger partial charge on any atom is 0.317 e. The number of hydrogen-bond donors (Lipinski definition) is 1. The summed E-state index contributed by atoms with van der Waals surface area (Å²) in [6.45, 7) is 2.10. The van der Waals surface area contributed by atoms with Crippen molar-refractivity contribution >= 4 is 29.3 Å². The summed E-state index contributed by atoms with van der Waals surface area (Å²) in [5, 5.41) is 9.56.